The SMILES string of the molecule is CNSc1ccc(-c2ccnc(F)c2)cc1. The van der Waals surface area contributed by atoms with Crippen molar-refractivity contribution < 1.29 is 4.39 Å². The van der Waals surface area contributed by atoms with Crippen LogP contribution in [0.2, 0.25) is 0 Å². The molecular formula is C12H11FN2S. The normalized spacial score (nSPS) is 10.4. The third kappa shape index (κ3) is 2.59. The third-order valence-corrected chi connectivity index (χ3v) is 2.85. The minimum absolute atomic E-state index is 0.453. The fraction of sp³-hybridized carbons (Fsp3) is 0.0833. The monoisotopic (exact) mass is 234 g/mol. The Morgan fingerprint density at radius 2 is 1.88 bits per heavy atom. The summed E-state index contributed by atoms with van der Waals surface area (Å²) in [5.41, 5.74) is 1.83. The minimum Gasteiger partial charge on any atom is -0.263 e. The molecule has 0 saturated carbocycles. The van der Waals surface area contributed by atoms with Gasteiger partial charge in [0.15, 0.2) is 0 Å². The summed E-state index contributed by atoms with van der Waals surface area (Å²) in [7, 11) is 1.87. The molecule has 0 fully saturated rings. The second-order valence-corrected chi connectivity index (χ2v) is 4.28. The van der Waals surface area contributed by atoms with E-state index in [4.69, 9.17) is 0 Å². The molecule has 16 heavy (non-hydrogen) atoms. The van der Waals surface area contributed by atoms with Gasteiger partial charge < -0.3 is 0 Å². The lowest BCUT2D eigenvalue weighted by Gasteiger charge is -2.03. The Balaban J connectivity index is 2.27. The zero-order valence-electron chi connectivity index (χ0n) is 8.77. The first-order valence-corrected chi connectivity index (χ1v) is 5.67. The van der Waals surface area contributed by atoms with E-state index in [1.807, 2.05) is 31.3 Å². The Labute approximate surface area is 98.0 Å². The highest BCUT2D eigenvalue weighted by Gasteiger charge is 2.00. The number of nitrogens with zero attached hydrogens (tertiary/aromatic N) is 1. The van der Waals surface area contributed by atoms with Gasteiger partial charge in [-0.2, -0.15) is 4.39 Å². The molecule has 0 aliphatic carbocycles. The molecule has 2 rings (SSSR count). The van der Waals surface area contributed by atoms with E-state index in [2.05, 4.69) is 9.71 Å². The smallest absolute Gasteiger partial charge is 0.213 e. The lowest BCUT2D eigenvalue weighted by molar-refractivity contribution is 0.584. The molecule has 1 N–H and O–H groups in total. The van der Waals surface area contributed by atoms with Crippen molar-refractivity contribution in [3.05, 3.63) is 48.5 Å². The first-order valence-electron chi connectivity index (χ1n) is 4.85. The Hall–Kier alpha value is -1.39. The van der Waals surface area contributed by atoms with Gasteiger partial charge in [-0.1, -0.05) is 12.1 Å². The Bertz CT molecular complexity index is 471. The lowest BCUT2D eigenvalue weighted by Crippen LogP contribution is -1.90. The zero-order chi connectivity index (χ0) is 11.4. The highest BCUT2D eigenvalue weighted by molar-refractivity contribution is 7.97. The van der Waals surface area contributed by atoms with Crippen LogP contribution >= 0.6 is 11.9 Å². The number of halogens is 1. The van der Waals surface area contributed by atoms with Crippen molar-refractivity contribution >= 4 is 11.9 Å². The average molecular weight is 234 g/mol. The number of hydrogen-bond acceptors (Lipinski definition) is 3. The fourth-order valence-electron chi connectivity index (χ4n) is 1.42. The summed E-state index contributed by atoms with van der Waals surface area (Å²) >= 11 is 1.55. The van der Waals surface area contributed by atoms with Crippen LogP contribution < -0.4 is 4.72 Å². The van der Waals surface area contributed by atoms with Crippen LogP contribution in [0.25, 0.3) is 11.1 Å². The van der Waals surface area contributed by atoms with Crippen molar-refractivity contribution in [1.82, 2.24) is 9.71 Å². The Morgan fingerprint density at radius 1 is 1.12 bits per heavy atom. The van der Waals surface area contributed by atoms with Gasteiger partial charge in [-0.05, 0) is 48.3 Å². The van der Waals surface area contributed by atoms with Gasteiger partial charge in [0.05, 0.1) is 0 Å². The van der Waals surface area contributed by atoms with E-state index < -0.39 is 5.95 Å². The maximum Gasteiger partial charge on any atom is 0.213 e. The van der Waals surface area contributed by atoms with Crippen molar-refractivity contribution in [2.45, 2.75) is 4.90 Å². The van der Waals surface area contributed by atoms with Crippen LogP contribution in [0.1, 0.15) is 0 Å². The van der Waals surface area contributed by atoms with E-state index >= 15 is 0 Å². The molecule has 0 radical (unpaired) electrons. The van der Waals surface area contributed by atoms with Crippen LogP contribution in [0, 0.1) is 5.95 Å². The first-order chi connectivity index (χ1) is 7.79. The molecule has 0 unspecified atom stereocenters. The van der Waals surface area contributed by atoms with E-state index in [0.29, 0.717) is 0 Å². The molecule has 4 heteroatoms. The van der Waals surface area contributed by atoms with Crippen molar-refractivity contribution in [2.24, 2.45) is 0 Å². The molecule has 0 spiro atoms. The molecule has 2 nitrogen and oxygen atoms in total. The van der Waals surface area contributed by atoms with Gasteiger partial charge in [-0.3, -0.25) is 4.72 Å². The van der Waals surface area contributed by atoms with Gasteiger partial charge in [-0.15, -0.1) is 0 Å². The van der Waals surface area contributed by atoms with Crippen LogP contribution in [0.5, 0.6) is 0 Å². The van der Waals surface area contributed by atoms with Crippen molar-refractivity contribution in [3.8, 4) is 11.1 Å². The summed E-state index contributed by atoms with van der Waals surface area (Å²) in [6.45, 7) is 0. The van der Waals surface area contributed by atoms with Gasteiger partial charge in [0.25, 0.3) is 0 Å². The predicted molar refractivity (Wildman–Crippen MR) is 64.5 cm³/mol. The largest absolute Gasteiger partial charge is 0.263 e. The number of aromatic nitrogens is 1. The molecule has 1 heterocycles. The summed E-state index contributed by atoms with van der Waals surface area (Å²) in [5.74, 6) is -0.453. The van der Waals surface area contributed by atoms with Crippen LogP contribution in [-0.2, 0) is 0 Å². The molecule has 2 aromatic rings. The maximum atomic E-state index is 12.9. The summed E-state index contributed by atoms with van der Waals surface area (Å²) in [5, 5.41) is 0. The summed E-state index contributed by atoms with van der Waals surface area (Å²) in [6, 6.07) is 11.1. The number of hydrogen-bond donors (Lipinski definition) is 1. The highest BCUT2D eigenvalue weighted by atomic mass is 32.2. The van der Waals surface area contributed by atoms with Crippen molar-refractivity contribution in [1.29, 1.82) is 0 Å². The highest BCUT2D eigenvalue weighted by Crippen LogP contribution is 2.22. The van der Waals surface area contributed by atoms with Gasteiger partial charge in [0.2, 0.25) is 5.95 Å². The third-order valence-electron chi connectivity index (χ3n) is 2.13. The van der Waals surface area contributed by atoms with E-state index in [0.717, 1.165) is 16.0 Å². The van der Waals surface area contributed by atoms with Crippen molar-refractivity contribution in [2.75, 3.05) is 7.05 Å². The summed E-state index contributed by atoms with van der Waals surface area (Å²) in [6.07, 6.45) is 1.47. The number of pyridine rings is 1. The first kappa shape index (κ1) is 11.1. The molecule has 0 aliphatic rings. The van der Waals surface area contributed by atoms with E-state index in [9.17, 15) is 4.39 Å². The predicted octanol–water partition coefficient (Wildman–Crippen LogP) is 3.11. The van der Waals surface area contributed by atoms with Crippen LogP contribution in [0.3, 0.4) is 0 Å². The maximum absolute atomic E-state index is 12.9. The van der Waals surface area contributed by atoms with E-state index in [1.54, 1.807) is 18.0 Å². The topological polar surface area (TPSA) is 24.9 Å². The van der Waals surface area contributed by atoms with Crippen LogP contribution in [0.15, 0.2) is 47.5 Å². The molecule has 0 atom stereocenters. The molecule has 82 valence electrons. The summed E-state index contributed by atoms with van der Waals surface area (Å²) in [4.78, 5) is 4.66. The molecule has 1 aromatic heterocycles. The van der Waals surface area contributed by atoms with E-state index in [1.165, 1.54) is 12.3 Å². The minimum atomic E-state index is -0.453. The van der Waals surface area contributed by atoms with Gasteiger partial charge in [0, 0.05) is 17.2 Å². The fourth-order valence-corrected chi connectivity index (χ4v) is 1.92. The standard InChI is InChI=1S/C12H11FN2S/c1-14-16-11-4-2-9(3-5-11)10-6-7-15-12(13)8-10/h2-8,14H,1H3. The lowest BCUT2D eigenvalue weighted by atomic mass is 10.1. The van der Waals surface area contributed by atoms with Gasteiger partial charge in [-0.25, -0.2) is 4.98 Å². The Morgan fingerprint density at radius 3 is 2.50 bits per heavy atom. The quantitative estimate of drug-likeness (QED) is 0.652. The molecule has 1 aromatic carbocycles. The number of rotatable bonds is 3. The molecule has 0 saturated heterocycles. The molecule has 0 bridgehead atoms. The van der Waals surface area contributed by atoms with Crippen molar-refractivity contribution in [3.63, 3.8) is 0 Å². The Kier molecular flexibility index (Phi) is 3.54. The zero-order valence-corrected chi connectivity index (χ0v) is 9.59. The number of benzene rings is 1. The second kappa shape index (κ2) is 5.09. The van der Waals surface area contributed by atoms with E-state index in [-0.39, 0.29) is 0 Å². The average Bonchev–Trinajstić information content (AvgIpc) is 2.30. The van der Waals surface area contributed by atoms with Crippen LogP contribution in [0.4, 0.5) is 4.39 Å². The van der Waals surface area contributed by atoms with Gasteiger partial charge >= 0.3 is 0 Å². The molecule has 0 amide bonds. The number of nitrogens with one attached hydrogen (secondary N) is 1. The second-order valence-electron chi connectivity index (χ2n) is 3.20. The molecular weight excluding hydrogens is 223 g/mol. The van der Waals surface area contributed by atoms with Gasteiger partial charge in [0.1, 0.15) is 0 Å². The molecule has 0 aliphatic heterocycles. The summed E-state index contributed by atoms with van der Waals surface area (Å²) < 4.78 is 15.9. The van der Waals surface area contributed by atoms with Crippen LogP contribution in [-0.4, -0.2) is 12.0 Å².